The molecule has 0 radical (unpaired) electrons. The summed E-state index contributed by atoms with van der Waals surface area (Å²) in [6.45, 7) is 2.08. The van der Waals surface area contributed by atoms with E-state index in [4.69, 9.17) is 15.4 Å². The van der Waals surface area contributed by atoms with Crippen molar-refractivity contribution in [3.8, 4) is 0 Å². The zero-order chi connectivity index (χ0) is 13.7. The first-order valence-corrected chi connectivity index (χ1v) is 6.21. The SMILES string of the molecule is NC(CN1CCC(NC(=O)c2ccoc2)CC1)=NO. The first kappa shape index (κ1) is 13.4. The maximum absolute atomic E-state index is 11.8. The van der Waals surface area contributed by atoms with Crippen molar-refractivity contribution in [2.45, 2.75) is 18.9 Å². The lowest BCUT2D eigenvalue weighted by molar-refractivity contribution is 0.0914. The van der Waals surface area contributed by atoms with Crippen LogP contribution in [0.2, 0.25) is 0 Å². The number of hydrogen-bond donors (Lipinski definition) is 3. The number of piperidine rings is 1. The van der Waals surface area contributed by atoms with E-state index in [-0.39, 0.29) is 17.8 Å². The Hall–Kier alpha value is -2.02. The molecule has 19 heavy (non-hydrogen) atoms. The molecule has 1 aliphatic heterocycles. The van der Waals surface area contributed by atoms with Gasteiger partial charge in [-0.1, -0.05) is 5.16 Å². The molecule has 0 unspecified atom stereocenters. The predicted octanol–water partition coefficient (Wildman–Crippen LogP) is 0.220. The van der Waals surface area contributed by atoms with E-state index >= 15 is 0 Å². The van der Waals surface area contributed by atoms with Gasteiger partial charge in [-0.15, -0.1) is 0 Å². The van der Waals surface area contributed by atoms with Gasteiger partial charge in [-0.2, -0.15) is 0 Å². The predicted molar refractivity (Wildman–Crippen MR) is 69.0 cm³/mol. The fourth-order valence-corrected chi connectivity index (χ4v) is 2.16. The number of rotatable bonds is 4. The Morgan fingerprint density at radius 3 is 2.89 bits per heavy atom. The van der Waals surface area contributed by atoms with E-state index in [0.717, 1.165) is 25.9 Å². The summed E-state index contributed by atoms with van der Waals surface area (Å²) in [7, 11) is 0. The van der Waals surface area contributed by atoms with Crippen LogP contribution in [0.4, 0.5) is 0 Å². The van der Waals surface area contributed by atoms with E-state index in [2.05, 4.69) is 15.4 Å². The van der Waals surface area contributed by atoms with Gasteiger partial charge in [-0.05, 0) is 18.9 Å². The molecule has 1 amide bonds. The van der Waals surface area contributed by atoms with Gasteiger partial charge in [-0.25, -0.2) is 0 Å². The second-order valence-electron chi connectivity index (χ2n) is 4.63. The Morgan fingerprint density at radius 2 is 2.32 bits per heavy atom. The van der Waals surface area contributed by atoms with Gasteiger partial charge in [0.2, 0.25) is 0 Å². The van der Waals surface area contributed by atoms with Crippen LogP contribution in [0.15, 0.2) is 28.2 Å². The average Bonchev–Trinajstić information content (AvgIpc) is 2.95. The summed E-state index contributed by atoms with van der Waals surface area (Å²) in [6.07, 6.45) is 4.61. The summed E-state index contributed by atoms with van der Waals surface area (Å²) in [6, 6.07) is 1.80. The summed E-state index contributed by atoms with van der Waals surface area (Å²) in [5.74, 6) is 0.101. The van der Waals surface area contributed by atoms with E-state index in [0.29, 0.717) is 12.1 Å². The summed E-state index contributed by atoms with van der Waals surface area (Å²) in [5, 5.41) is 14.4. The highest BCUT2D eigenvalue weighted by Crippen LogP contribution is 2.11. The van der Waals surface area contributed by atoms with Gasteiger partial charge in [0.15, 0.2) is 5.84 Å². The van der Waals surface area contributed by atoms with Crippen LogP contribution in [-0.4, -0.2) is 47.5 Å². The molecule has 2 rings (SSSR count). The Balaban J connectivity index is 1.76. The number of hydrogen-bond acceptors (Lipinski definition) is 5. The number of carbonyl (C=O) groups excluding carboxylic acids is 1. The van der Waals surface area contributed by atoms with E-state index in [9.17, 15) is 4.79 Å². The highest BCUT2D eigenvalue weighted by atomic mass is 16.4. The number of furan rings is 1. The molecule has 2 heterocycles. The van der Waals surface area contributed by atoms with Crippen LogP contribution in [0.1, 0.15) is 23.2 Å². The Morgan fingerprint density at radius 1 is 1.58 bits per heavy atom. The molecule has 7 heteroatoms. The van der Waals surface area contributed by atoms with Gasteiger partial charge < -0.3 is 20.7 Å². The molecule has 0 aliphatic carbocycles. The molecule has 1 aliphatic rings. The number of nitrogens with zero attached hydrogens (tertiary/aromatic N) is 2. The molecule has 1 fully saturated rings. The monoisotopic (exact) mass is 266 g/mol. The minimum atomic E-state index is -0.108. The fraction of sp³-hybridized carbons (Fsp3) is 0.500. The molecule has 0 atom stereocenters. The van der Waals surface area contributed by atoms with Crippen LogP contribution < -0.4 is 11.1 Å². The number of amidine groups is 1. The quantitative estimate of drug-likeness (QED) is 0.313. The Bertz CT molecular complexity index is 436. The molecule has 4 N–H and O–H groups in total. The lowest BCUT2D eigenvalue weighted by Crippen LogP contribution is -2.46. The topological polar surface area (TPSA) is 104 Å². The maximum atomic E-state index is 11.8. The van der Waals surface area contributed by atoms with Gasteiger partial charge in [0.1, 0.15) is 6.26 Å². The van der Waals surface area contributed by atoms with Crippen molar-refractivity contribution < 1.29 is 14.4 Å². The van der Waals surface area contributed by atoms with Crippen LogP contribution in [0.25, 0.3) is 0 Å². The second-order valence-corrected chi connectivity index (χ2v) is 4.63. The van der Waals surface area contributed by atoms with Crippen molar-refractivity contribution in [3.63, 3.8) is 0 Å². The number of likely N-dealkylation sites (tertiary alicyclic amines) is 1. The third kappa shape index (κ3) is 3.72. The summed E-state index contributed by atoms with van der Waals surface area (Å²) >= 11 is 0. The Kier molecular flexibility index (Phi) is 4.40. The molecular weight excluding hydrogens is 248 g/mol. The van der Waals surface area contributed by atoms with Crippen molar-refractivity contribution >= 4 is 11.7 Å². The van der Waals surface area contributed by atoms with Crippen LogP contribution in [-0.2, 0) is 0 Å². The van der Waals surface area contributed by atoms with Crippen LogP contribution >= 0.6 is 0 Å². The molecule has 104 valence electrons. The molecule has 1 aromatic rings. The zero-order valence-electron chi connectivity index (χ0n) is 10.6. The maximum Gasteiger partial charge on any atom is 0.254 e. The van der Waals surface area contributed by atoms with Gasteiger partial charge >= 0.3 is 0 Å². The lowest BCUT2D eigenvalue weighted by atomic mass is 10.0. The van der Waals surface area contributed by atoms with Gasteiger partial charge in [0.25, 0.3) is 5.91 Å². The summed E-state index contributed by atoms with van der Waals surface area (Å²) in [4.78, 5) is 13.9. The van der Waals surface area contributed by atoms with Crippen molar-refractivity contribution in [3.05, 3.63) is 24.2 Å². The first-order chi connectivity index (χ1) is 9.19. The van der Waals surface area contributed by atoms with Gasteiger partial charge in [0.05, 0.1) is 18.4 Å². The molecule has 0 bridgehead atoms. The number of oxime groups is 1. The average molecular weight is 266 g/mol. The van der Waals surface area contributed by atoms with Crippen molar-refractivity contribution in [1.82, 2.24) is 10.2 Å². The van der Waals surface area contributed by atoms with Crippen LogP contribution in [0, 0.1) is 0 Å². The molecule has 1 saturated heterocycles. The number of nitrogens with one attached hydrogen (secondary N) is 1. The summed E-state index contributed by atoms with van der Waals surface area (Å²) in [5.41, 5.74) is 6.00. The second kappa shape index (κ2) is 6.24. The minimum Gasteiger partial charge on any atom is -0.472 e. The van der Waals surface area contributed by atoms with E-state index in [1.54, 1.807) is 6.07 Å². The number of amides is 1. The van der Waals surface area contributed by atoms with Crippen LogP contribution in [0.5, 0.6) is 0 Å². The standard InChI is InChI=1S/C12H18N4O3/c13-11(15-18)7-16-4-1-10(2-5-16)14-12(17)9-3-6-19-8-9/h3,6,8,10,18H,1-2,4-5,7H2,(H2,13,15)(H,14,17). The summed E-state index contributed by atoms with van der Waals surface area (Å²) < 4.78 is 4.88. The minimum absolute atomic E-state index is 0.108. The molecule has 0 saturated carbocycles. The number of carbonyl (C=O) groups is 1. The third-order valence-corrected chi connectivity index (χ3v) is 3.22. The van der Waals surface area contributed by atoms with E-state index < -0.39 is 0 Å². The largest absolute Gasteiger partial charge is 0.472 e. The van der Waals surface area contributed by atoms with Crippen LogP contribution in [0.3, 0.4) is 0 Å². The van der Waals surface area contributed by atoms with Gasteiger partial charge in [-0.3, -0.25) is 9.69 Å². The van der Waals surface area contributed by atoms with Crippen molar-refractivity contribution in [2.75, 3.05) is 19.6 Å². The number of nitrogens with two attached hydrogens (primary N) is 1. The third-order valence-electron chi connectivity index (χ3n) is 3.22. The smallest absolute Gasteiger partial charge is 0.254 e. The van der Waals surface area contributed by atoms with E-state index in [1.807, 2.05) is 0 Å². The van der Waals surface area contributed by atoms with Gasteiger partial charge in [0, 0.05) is 19.1 Å². The molecular formula is C12H18N4O3. The Labute approximate surface area is 111 Å². The van der Waals surface area contributed by atoms with E-state index in [1.165, 1.54) is 12.5 Å². The molecule has 0 aromatic carbocycles. The zero-order valence-corrected chi connectivity index (χ0v) is 10.6. The van der Waals surface area contributed by atoms with Crippen molar-refractivity contribution in [2.24, 2.45) is 10.9 Å². The lowest BCUT2D eigenvalue weighted by Gasteiger charge is -2.31. The van der Waals surface area contributed by atoms with Crippen molar-refractivity contribution in [1.29, 1.82) is 0 Å². The molecule has 0 spiro atoms. The molecule has 1 aromatic heterocycles. The highest BCUT2D eigenvalue weighted by Gasteiger charge is 2.21. The normalized spacial score (nSPS) is 18.4. The fourth-order valence-electron chi connectivity index (χ4n) is 2.16. The first-order valence-electron chi connectivity index (χ1n) is 6.21. The molecule has 7 nitrogen and oxygen atoms in total. The highest BCUT2D eigenvalue weighted by molar-refractivity contribution is 5.93.